The van der Waals surface area contributed by atoms with Crippen molar-refractivity contribution < 1.29 is 13.2 Å². The van der Waals surface area contributed by atoms with Crippen molar-refractivity contribution in [1.29, 1.82) is 0 Å². The topological polar surface area (TPSA) is 75.3 Å². The molecular weight excluding hydrogens is 288 g/mol. The Bertz CT molecular complexity index is 415. The lowest BCUT2D eigenvalue weighted by Gasteiger charge is -2.35. The van der Waals surface area contributed by atoms with Crippen LogP contribution >= 0.6 is 12.4 Å². The van der Waals surface area contributed by atoms with Gasteiger partial charge in [0.15, 0.2) is 9.84 Å². The average molecular weight is 313 g/mol. The van der Waals surface area contributed by atoms with Gasteiger partial charge in [0.05, 0.1) is 0 Å². The lowest BCUT2D eigenvalue weighted by Crippen LogP contribution is -2.52. The first-order valence-corrected chi connectivity index (χ1v) is 8.16. The van der Waals surface area contributed by atoms with E-state index in [9.17, 15) is 13.2 Å². The molecule has 114 valence electrons. The fourth-order valence-electron chi connectivity index (χ4n) is 1.94. The van der Waals surface area contributed by atoms with E-state index >= 15 is 0 Å². The summed E-state index contributed by atoms with van der Waals surface area (Å²) in [7, 11) is -3.40. The van der Waals surface area contributed by atoms with E-state index < -0.39 is 20.5 Å². The second-order valence-electron chi connectivity index (χ2n) is 6.06. The van der Waals surface area contributed by atoms with Crippen molar-refractivity contribution in [3.63, 3.8) is 0 Å². The van der Waals surface area contributed by atoms with Crippen LogP contribution in [0.25, 0.3) is 0 Å². The van der Waals surface area contributed by atoms with Crippen LogP contribution in [0.2, 0.25) is 0 Å². The van der Waals surface area contributed by atoms with Gasteiger partial charge in [-0.1, -0.05) is 6.92 Å². The Balaban J connectivity index is 0.00000324. The summed E-state index contributed by atoms with van der Waals surface area (Å²) in [4.78, 5) is 12.0. The van der Waals surface area contributed by atoms with Crippen LogP contribution < -0.4 is 10.6 Å². The molecule has 1 aliphatic heterocycles. The molecule has 0 saturated carbocycles. The minimum absolute atomic E-state index is 0. The highest BCUT2D eigenvalue weighted by Gasteiger charge is 2.39. The SMILES string of the molecule is CC1(CNC(=O)C(C)(C)S(C)(=O)=O)CCCNC1.Cl. The summed E-state index contributed by atoms with van der Waals surface area (Å²) in [5, 5.41) is 6.08. The van der Waals surface area contributed by atoms with Crippen molar-refractivity contribution in [1.82, 2.24) is 10.6 Å². The van der Waals surface area contributed by atoms with Crippen molar-refractivity contribution in [3.05, 3.63) is 0 Å². The molecule has 1 aliphatic rings. The fourth-order valence-corrected chi connectivity index (χ4v) is 2.35. The Hall–Kier alpha value is -0.330. The summed E-state index contributed by atoms with van der Waals surface area (Å²) in [5.41, 5.74) is 0.0154. The monoisotopic (exact) mass is 312 g/mol. The summed E-state index contributed by atoms with van der Waals surface area (Å²) >= 11 is 0. The zero-order chi connectivity index (χ0) is 14.0. The lowest BCUT2D eigenvalue weighted by molar-refractivity contribution is -0.123. The van der Waals surface area contributed by atoms with E-state index in [2.05, 4.69) is 17.6 Å². The average Bonchev–Trinajstić information content (AvgIpc) is 2.25. The smallest absolute Gasteiger partial charge is 0.240 e. The van der Waals surface area contributed by atoms with Crippen LogP contribution in [0.15, 0.2) is 0 Å². The Morgan fingerprint density at radius 3 is 2.42 bits per heavy atom. The van der Waals surface area contributed by atoms with E-state index in [-0.39, 0.29) is 17.8 Å². The molecule has 7 heteroatoms. The molecule has 0 radical (unpaired) electrons. The van der Waals surface area contributed by atoms with Gasteiger partial charge < -0.3 is 10.6 Å². The molecule has 19 heavy (non-hydrogen) atoms. The molecule has 0 bridgehead atoms. The quantitative estimate of drug-likeness (QED) is 0.803. The third-order valence-electron chi connectivity index (χ3n) is 3.84. The van der Waals surface area contributed by atoms with Crippen LogP contribution in [0.3, 0.4) is 0 Å². The molecule has 0 aromatic rings. The molecule has 0 aromatic heterocycles. The summed E-state index contributed by atoms with van der Waals surface area (Å²) in [6.07, 6.45) is 3.22. The molecule has 5 nitrogen and oxygen atoms in total. The number of carbonyl (C=O) groups is 1. The van der Waals surface area contributed by atoms with Gasteiger partial charge in [0, 0.05) is 19.3 Å². The third kappa shape index (κ3) is 4.61. The normalized spacial score (nSPS) is 24.4. The Kier molecular flexibility index (Phi) is 6.30. The number of nitrogens with one attached hydrogen (secondary N) is 2. The number of hydrogen-bond acceptors (Lipinski definition) is 4. The van der Waals surface area contributed by atoms with E-state index in [1.165, 1.54) is 13.8 Å². The van der Waals surface area contributed by atoms with Crippen LogP contribution in [-0.4, -0.2) is 45.0 Å². The molecule has 1 rings (SSSR count). The highest BCUT2D eigenvalue weighted by molar-refractivity contribution is 7.92. The number of sulfone groups is 1. The molecule has 1 atom stereocenters. The standard InChI is InChI=1S/C12H24N2O3S.ClH/c1-11(2,18(4,16)17)10(15)14-9-12(3)6-5-7-13-8-12;/h13H,5-9H2,1-4H3,(H,14,15);1H. The number of carbonyl (C=O) groups excluding carboxylic acids is 1. The van der Waals surface area contributed by atoms with Crippen LogP contribution in [0.5, 0.6) is 0 Å². The predicted octanol–water partition coefficient (Wildman–Crippen LogP) is 0.737. The first-order chi connectivity index (χ1) is 8.08. The second-order valence-corrected chi connectivity index (χ2v) is 8.62. The van der Waals surface area contributed by atoms with Gasteiger partial charge in [-0.25, -0.2) is 8.42 Å². The molecule has 2 N–H and O–H groups in total. The zero-order valence-corrected chi connectivity index (χ0v) is 13.7. The minimum Gasteiger partial charge on any atom is -0.354 e. The van der Waals surface area contributed by atoms with Gasteiger partial charge in [0.25, 0.3) is 0 Å². The molecular formula is C12H25ClN2O3S. The number of rotatable bonds is 4. The number of amides is 1. The Morgan fingerprint density at radius 2 is 2.00 bits per heavy atom. The van der Waals surface area contributed by atoms with Crippen molar-refractivity contribution >= 4 is 28.2 Å². The van der Waals surface area contributed by atoms with Gasteiger partial charge in [-0.05, 0) is 38.6 Å². The molecule has 1 fully saturated rings. The minimum atomic E-state index is -3.40. The van der Waals surface area contributed by atoms with Crippen LogP contribution in [0, 0.1) is 5.41 Å². The van der Waals surface area contributed by atoms with Crippen molar-refractivity contribution in [3.8, 4) is 0 Å². The third-order valence-corrected chi connectivity index (χ3v) is 5.87. The molecule has 0 aliphatic carbocycles. The van der Waals surface area contributed by atoms with E-state index in [1.54, 1.807) is 0 Å². The summed E-state index contributed by atoms with van der Waals surface area (Å²) in [6, 6.07) is 0. The van der Waals surface area contributed by atoms with Gasteiger partial charge in [-0.15, -0.1) is 12.4 Å². The van der Waals surface area contributed by atoms with Gasteiger partial charge >= 0.3 is 0 Å². The lowest BCUT2D eigenvalue weighted by atomic mass is 9.82. The van der Waals surface area contributed by atoms with E-state index in [0.717, 1.165) is 32.2 Å². The van der Waals surface area contributed by atoms with Crippen molar-refractivity contribution in [2.24, 2.45) is 5.41 Å². The second kappa shape index (κ2) is 6.41. The molecule has 0 spiro atoms. The largest absolute Gasteiger partial charge is 0.354 e. The van der Waals surface area contributed by atoms with Crippen molar-refractivity contribution in [2.75, 3.05) is 25.9 Å². The Morgan fingerprint density at radius 1 is 1.42 bits per heavy atom. The maximum Gasteiger partial charge on any atom is 0.240 e. The highest BCUT2D eigenvalue weighted by Crippen LogP contribution is 2.25. The molecule has 1 saturated heterocycles. The van der Waals surface area contributed by atoms with Gasteiger partial charge in [-0.2, -0.15) is 0 Å². The molecule has 1 amide bonds. The first-order valence-electron chi connectivity index (χ1n) is 6.27. The van der Waals surface area contributed by atoms with Gasteiger partial charge in [0.2, 0.25) is 5.91 Å². The highest BCUT2D eigenvalue weighted by atomic mass is 35.5. The van der Waals surface area contributed by atoms with Crippen molar-refractivity contribution in [2.45, 2.75) is 38.4 Å². The summed E-state index contributed by atoms with van der Waals surface area (Å²) in [6.45, 7) is 7.37. The molecule has 1 heterocycles. The number of piperidine rings is 1. The zero-order valence-electron chi connectivity index (χ0n) is 12.1. The van der Waals surface area contributed by atoms with Crippen LogP contribution in [0.4, 0.5) is 0 Å². The van der Waals surface area contributed by atoms with Crippen LogP contribution in [-0.2, 0) is 14.6 Å². The van der Waals surface area contributed by atoms with Crippen LogP contribution in [0.1, 0.15) is 33.6 Å². The number of halogens is 1. The Labute approximate surface area is 122 Å². The maximum atomic E-state index is 12.0. The predicted molar refractivity (Wildman–Crippen MR) is 79.4 cm³/mol. The first kappa shape index (κ1) is 18.7. The fraction of sp³-hybridized carbons (Fsp3) is 0.917. The van der Waals surface area contributed by atoms with E-state index in [4.69, 9.17) is 0 Å². The number of hydrogen-bond donors (Lipinski definition) is 2. The maximum absolute atomic E-state index is 12.0. The van der Waals surface area contributed by atoms with Gasteiger partial charge in [0.1, 0.15) is 4.75 Å². The molecule has 1 unspecified atom stereocenters. The summed E-state index contributed by atoms with van der Waals surface area (Å²) in [5.74, 6) is -0.420. The van der Waals surface area contributed by atoms with Gasteiger partial charge in [-0.3, -0.25) is 4.79 Å². The summed E-state index contributed by atoms with van der Waals surface area (Å²) < 4.78 is 21.7. The van der Waals surface area contributed by atoms with E-state index in [1.807, 2.05) is 0 Å². The van der Waals surface area contributed by atoms with E-state index in [0.29, 0.717) is 6.54 Å². The molecule has 0 aromatic carbocycles.